The van der Waals surface area contributed by atoms with Crippen molar-refractivity contribution in [3.63, 3.8) is 0 Å². The molecule has 2 aromatic carbocycles. The summed E-state index contributed by atoms with van der Waals surface area (Å²) in [5.74, 6) is 0.647. The number of hydrogen-bond acceptors (Lipinski definition) is 6. The van der Waals surface area contributed by atoms with Crippen LogP contribution in [-0.4, -0.2) is 35.7 Å². The molecule has 27 heavy (non-hydrogen) atoms. The average Bonchev–Trinajstić information content (AvgIpc) is 3.20. The molecule has 0 aliphatic rings. The lowest BCUT2D eigenvalue weighted by Crippen LogP contribution is -2.24. The first-order valence-corrected chi connectivity index (χ1v) is 8.37. The number of rotatable bonds is 7. The molecule has 1 aromatic heterocycles. The quantitative estimate of drug-likeness (QED) is 0.683. The topological polar surface area (TPSA) is 100 Å². The molecule has 1 atom stereocenters. The summed E-state index contributed by atoms with van der Waals surface area (Å²) in [5, 5.41) is 17.7. The van der Waals surface area contributed by atoms with Crippen LogP contribution in [0.2, 0.25) is 0 Å². The van der Waals surface area contributed by atoms with E-state index in [1.165, 1.54) is 0 Å². The van der Waals surface area contributed by atoms with Crippen LogP contribution in [0.25, 0.3) is 0 Å². The number of aromatic nitrogens is 4. The lowest BCUT2D eigenvalue weighted by molar-refractivity contribution is -0.117. The Bertz CT molecular complexity index is 911. The van der Waals surface area contributed by atoms with Gasteiger partial charge in [0.25, 0.3) is 0 Å². The Hall–Kier alpha value is -3.42. The molecule has 3 rings (SSSR count). The van der Waals surface area contributed by atoms with Gasteiger partial charge in [0, 0.05) is 17.6 Å². The van der Waals surface area contributed by atoms with E-state index in [2.05, 4.69) is 25.9 Å². The minimum atomic E-state index is -0.664. The van der Waals surface area contributed by atoms with E-state index in [1.807, 2.05) is 43.3 Å². The van der Waals surface area contributed by atoms with Gasteiger partial charge in [-0.1, -0.05) is 18.2 Å². The number of anilines is 1. The Morgan fingerprint density at radius 3 is 2.70 bits per heavy atom. The monoisotopic (exact) mass is 366 g/mol. The van der Waals surface area contributed by atoms with Gasteiger partial charge in [-0.15, -0.1) is 0 Å². The van der Waals surface area contributed by atoms with Crippen LogP contribution < -0.4 is 19.9 Å². The molecule has 0 saturated heterocycles. The molecule has 0 spiro atoms. The Balaban J connectivity index is 1.87. The largest absolute Gasteiger partial charge is 0.497 e. The molecule has 8 heteroatoms. The summed E-state index contributed by atoms with van der Waals surface area (Å²) in [6, 6.07) is 13.0. The third kappa shape index (κ3) is 4.41. The van der Waals surface area contributed by atoms with Crippen LogP contribution in [0.4, 0.5) is 5.69 Å². The Morgan fingerprint density at radius 2 is 2.04 bits per heavy atom. The zero-order valence-corrected chi connectivity index (χ0v) is 15.3. The van der Waals surface area contributed by atoms with Gasteiger partial charge in [0.05, 0.1) is 20.1 Å². The minimum Gasteiger partial charge on any atom is -0.497 e. The van der Waals surface area contributed by atoms with Gasteiger partial charge in [-0.05, 0) is 42.7 Å². The molecular formula is C19H20N5O3-. The maximum atomic E-state index is 12.9. The van der Waals surface area contributed by atoms with Crippen molar-refractivity contribution < 1.29 is 14.3 Å². The molecule has 1 heterocycles. The number of carbonyl (C=O) groups is 1. The number of benzene rings is 2. The van der Waals surface area contributed by atoms with E-state index in [4.69, 9.17) is 9.47 Å². The van der Waals surface area contributed by atoms with Crippen LogP contribution in [0.15, 0.2) is 42.5 Å². The lowest BCUT2D eigenvalue weighted by Gasteiger charge is -2.19. The fourth-order valence-corrected chi connectivity index (χ4v) is 2.78. The van der Waals surface area contributed by atoms with Crippen molar-refractivity contribution in [3.8, 4) is 11.5 Å². The van der Waals surface area contributed by atoms with E-state index >= 15 is 0 Å². The van der Waals surface area contributed by atoms with Crippen LogP contribution in [0.3, 0.4) is 0 Å². The summed E-state index contributed by atoms with van der Waals surface area (Å²) in [6.07, 6.45) is 0.332. The molecule has 0 bridgehead atoms. The number of aryl methyl sites for hydroxylation is 1. The standard InChI is InChI=1S/C19H21N5O3/c1-12-5-4-6-14(9-12)20-19(25)16(18-21-23-24-22-18)10-13-7-8-15(26-2)11-17(13)27-3/h4-9,11,16H,10H2,1-3H3,(H2,20,21,22,23,24,25)/p-1/t16-/m1/s1. The van der Waals surface area contributed by atoms with Gasteiger partial charge in [-0.3, -0.25) is 15.1 Å². The van der Waals surface area contributed by atoms with Gasteiger partial charge in [0.15, 0.2) is 0 Å². The number of nitrogens with one attached hydrogen (secondary N) is 1. The van der Waals surface area contributed by atoms with Crippen LogP contribution >= 0.6 is 0 Å². The van der Waals surface area contributed by atoms with E-state index in [1.54, 1.807) is 20.3 Å². The van der Waals surface area contributed by atoms with Gasteiger partial charge in [-0.25, -0.2) is 0 Å². The van der Waals surface area contributed by atoms with Crippen LogP contribution in [0, 0.1) is 6.92 Å². The number of amides is 1. The van der Waals surface area contributed by atoms with Gasteiger partial charge in [-0.2, -0.15) is 5.21 Å². The fraction of sp³-hybridized carbons (Fsp3) is 0.263. The molecule has 0 saturated carbocycles. The first-order chi connectivity index (χ1) is 13.1. The Kier molecular flexibility index (Phi) is 5.65. The summed E-state index contributed by atoms with van der Waals surface area (Å²) < 4.78 is 10.7. The molecule has 0 fully saturated rings. The Labute approximate surface area is 156 Å². The second-order valence-corrected chi connectivity index (χ2v) is 6.03. The second kappa shape index (κ2) is 8.31. The van der Waals surface area contributed by atoms with Crippen LogP contribution in [0.5, 0.6) is 11.5 Å². The zero-order valence-electron chi connectivity index (χ0n) is 15.3. The van der Waals surface area contributed by atoms with Gasteiger partial charge < -0.3 is 19.9 Å². The third-order valence-electron chi connectivity index (χ3n) is 4.17. The predicted molar refractivity (Wildman–Crippen MR) is 98.9 cm³/mol. The average molecular weight is 366 g/mol. The maximum absolute atomic E-state index is 12.9. The van der Waals surface area contributed by atoms with Crippen LogP contribution in [-0.2, 0) is 11.2 Å². The van der Waals surface area contributed by atoms with E-state index in [9.17, 15) is 4.79 Å². The zero-order chi connectivity index (χ0) is 19.2. The van der Waals surface area contributed by atoms with Gasteiger partial charge in [0.2, 0.25) is 5.91 Å². The van der Waals surface area contributed by atoms with Crippen LogP contribution in [0.1, 0.15) is 22.9 Å². The number of methoxy groups -OCH3 is 2. The number of hydrogen-bond donors (Lipinski definition) is 1. The SMILES string of the molecule is COc1ccc(C[C@@H](C(=O)Nc2cccc(C)c2)c2nnn[n-]2)c(OC)c1. The fourth-order valence-electron chi connectivity index (χ4n) is 2.78. The summed E-state index contributed by atoms with van der Waals surface area (Å²) in [6.45, 7) is 1.96. The van der Waals surface area contributed by atoms with Gasteiger partial charge >= 0.3 is 0 Å². The lowest BCUT2D eigenvalue weighted by atomic mass is 9.96. The van der Waals surface area contributed by atoms with Gasteiger partial charge in [0.1, 0.15) is 11.5 Å². The highest BCUT2D eigenvalue weighted by molar-refractivity contribution is 5.95. The number of carbonyl (C=O) groups excluding carboxylic acids is 1. The van der Waals surface area contributed by atoms with Crippen molar-refractivity contribution >= 4 is 11.6 Å². The van der Waals surface area contributed by atoms with E-state index in [0.717, 1.165) is 11.1 Å². The van der Waals surface area contributed by atoms with Crippen molar-refractivity contribution in [2.75, 3.05) is 19.5 Å². The maximum Gasteiger partial charge on any atom is 0.232 e. The summed E-state index contributed by atoms with van der Waals surface area (Å²) >= 11 is 0. The van der Waals surface area contributed by atoms with Crippen molar-refractivity contribution in [1.29, 1.82) is 0 Å². The van der Waals surface area contributed by atoms with E-state index in [-0.39, 0.29) is 11.7 Å². The van der Waals surface area contributed by atoms with Crippen molar-refractivity contribution in [1.82, 2.24) is 20.6 Å². The second-order valence-electron chi connectivity index (χ2n) is 6.03. The number of ether oxygens (including phenoxy) is 2. The molecule has 0 radical (unpaired) electrons. The number of tetrazole rings is 1. The highest BCUT2D eigenvalue weighted by Crippen LogP contribution is 2.29. The predicted octanol–water partition coefficient (Wildman–Crippen LogP) is 2.12. The molecule has 0 unspecified atom stereocenters. The smallest absolute Gasteiger partial charge is 0.232 e. The van der Waals surface area contributed by atoms with Crippen molar-refractivity contribution in [2.24, 2.45) is 0 Å². The molecule has 0 aliphatic carbocycles. The summed E-state index contributed by atoms with van der Waals surface area (Å²) in [5.41, 5.74) is 2.58. The molecule has 1 amide bonds. The molecule has 1 N–H and O–H groups in total. The van der Waals surface area contributed by atoms with Crippen molar-refractivity contribution in [2.45, 2.75) is 19.3 Å². The summed E-state index contributed by atoms with van der Waals surface area (Å²) in [7, 11) is 3.16. The normalized spacial score (nSPS) is 11.7. The third-order valence-corrected chi connectivity index (χ3v) is 4.17. The molecule has 140 valence electrons. The molecule has 3 aromatic rings. The highest BCUT2D eigenvalue weighted by atomic mass is 16.5. The minimum absolute atomic E-state index is 0.242. The first-order valence-electron chi connectivity index (χ1n) is 8.37. The van der Waals surface area contributed by atoms with E-state index < -0.39 is 5.92 Å². The highest BCUT2D eigenvalue weighted by Gasteiger charge is 2.23. The summed E-state index contributed by atoms with van der Waals surface area (Å²) in [4.78, 5) is 12.9. The van der Waals surface area contributed by atoms with Crippen molar-refractivity contribution in [3.05, 3.63) is 59.4 Å². The molecular weight excluding hydrogens is 346 g/mol. The Morgan fingerprint density at radius 1 is 1.19 bits per heavy atom. The molecule has 0 aliphatic heterocycles. The van der Waals surface area contributed by atoms with E-state index in [0.29, 0.717) is 23.6 Å². The first kappa shape index (κ1) is 18.4. The molecule has 8 nitrogen and oxygen atoms in total. The number of nitrogens with zero attached hydrogens (tertiary/aromatic N) is 4.